The summed E-state index contributed by atoms with van der Waals surface area (Å²) in [4.78, 5) is 0. The summed E-state index contributed by atoms with van der Waals surface area (Å²) in [5, 5.41) is 0. The molecule has 164 valence electrons. The zero-order valence-corrected chi connectivity index (χ0v) is 30.9. The molecule has 0 nitrogen and oxygen atoms in total. The van der Waals surface area contributed by atoms with Gasteiger partial charge in [0.1, 0.15) is 0 Å². The highest BCUT2D eigenvalue weighted by molar-refractivity contribution is 14.3. The maximum Gasteiger partial charge on any atom is 0.196 e. The third-order valence-electron chi connectivity index (χ3n) is 10.6. The maximum atomic E-state index is 3.42. The van der Waals surface area contributed by atoms with Crippen LogP contribution in [0.4, 0.5) is 0 Å². The Morgan fingerprint density at radius 3 is 1.03 bits per heavy atom. The van der Waals surface area contributed by atoms with Gasteiger partial charge < -0.3 is 0 Å². The minimum atomic E-state index is -1.34. The molecule has 0 N–H and O–H groups in total. The first-order valence-electron chi connectivity index (χ1n) is 12.2. The van der Waals surface area contributed by atoms with Gasteiger partial charge in [-0.3, -0.25) is 0 Å². The SMILES string of the molecule is I[Si](I)(C1CC2CCC1C2)[Si](I)(C1CC2CCC1C2)[Si](I)(I)C1CC2CCC1C2. The molecule has 8 heteroatoms. The third kappa shape index (κ3) is 3.56. The van der Waals surface area contributed by atoms with Crippen LogP contribution in [0.5, 0.6) is 0 Å². The van der Waals surface area contributed by atoms with Crippen molar-refractivity contribution in [3.8, 4) is 0 Å². The van der Waals surface area contributed by atoms with Crippen molar-refractivity contribution in [3.05, 3.63) is 0 Å². The van der Waals surface area contributed by atoms with Crippen molar-refractivity contribution < 1.29 is 0 Å². The van der Waals surface area contributed by atoms with E-state index in [4.69, 9.17) is 0 Å². The van der Waals surface area contributed by atoms with Crippen molar-refractivity contribution in [2.45, 2.75) is 93.7 Å². The fraction of sp³-hybridized carbons (Fsp3) is 1.00. The van der Waals surface area contributed by atoms with Gasteiger partial charge in [-0.1, -0.05) is 38.5 Å². The molecule has 0 aromatic carbocycles. The first kappa shape index (κ1) is 23.7. The summed E-state index contributed by atoms with van der Waals surface area (Å²) in [5.74, 6) is 6.88. The predicted octanol–water partition coefficient (Wildman–Crippen LogP) is 9.72. The van der Waals surface area contributed by atoms with Gasteiger partial charge in [-0.2, -0.15) is 0 Å². The van der Waals surface area contributed by atoms with Crippen LogP contribution < -0.4 is 0 Å². The Bertz CT molecular complexity index is 647. The molecule has 6 rings (SSSR count). The monoisotopic (exact) mass is 1000 g/mol. The molecule has 6 saturated carbocycles. The lowest BCUT2D eigenvalue weighted by molar-refractivity contribution is 0.467. The molecule has 0 aromatic rings. The summed E-state index contributed by atoms with van der Waals surface area (Å²) in [6.07, 6.45) is 19.5. The smallest absolute Gasteiger partial charge is 0.121 e. The van der Waals surface area contributed by atoms with Gasteiger partial charge >= 0.3 is 0 Å². The molecule has 6 aliphatic rings. The Morgan fingerprint density at radius 1 is 0.414 bits per heavy atom. The molecule has 0 amide bonds. The van der Waals surface area contributed by atoms with Crippen LogP contribution in [0.1, 0.15) is 77.0 Å². The van der Waals surface area contributed by atoms with E-state index >= 15 is 0 Å². The molecule has 0 radical (unpaired) electrons. The number of halogens is 5. The van der Waals surface area contributed by atoms with Gasteiger partial charge in [-0.25, -0.2) is 0 Å². The Kier molecular flexibility index (Phi) is 6.88. The fourth-order valence-corrected chi connectivity index (χ4v) is 170. The fourth-order valence-electron chi connectivity index (χ4n) is 9.37. The van der Waals surface area contributed by atoms with E-state index in [1.54, 1.807) is 77.0 Å². The first-order valence-corrected chi connectivity index (χ1v) is 36.0. The lowest BCUT2D eigenvalue weighted by Gasteiger charge is -2.55. The van der Waals surface area contributed by atoms with Crippen molar-refractivity contribution >= 4 is 119 Å². The van der Waals surface area contributed by atoms with Gasteiger partial charge in [0.25, 0.3) is 0 Å². The molecule has 6 aliphatic carbocycles. The van der Waals surface area contributed by atoms with Gasteiger partial charge in [0.15, 0.2) is 9.77 Å². The van der Waals surface area contributed by atoms with Gasteiger partial charge in [0, 0.05) is 0 Å². The molecule has 0 aromatic heterocycles. The minimum Gasteiger partial charge on any atom is -0.121 e. The van der Waals surface area contributed by atoms with Crippen molar-refractivity contribution in [2.24, 2.45) is 35.5 Å². The summed E-state index contributed by atoms with van der Waals surface area (Å²) < 4.78 is -3.93. The topological polar surface area (TPSA) is 0 Å². The van der Waals surface area contributed by atoms with E-state index in [9.17, 15) is 0 Å². The van der Waals surface area contributed by atoms with Crippen molar-refractivity contribution in [3.63, 3.8) is 0 Å². The Morgan fingerprint density at radius 2 is 0.759 bits per heavy atom. The Hall–Kier alpha value is 4.30. The molecule has 6 fully saturated rings. The highest BCUT2D eigenvalue weighted by Crippen LogP contribution is 2.73. The van der Waals surface area contributed by atoms with E-state index in [1.165, 1.54) is 16.6 Å². The van der Waals surface area contributed by atoms with E-state index in [0.717, 1.165) is 35.5 Å². The zero-order valence-electron chi connectivity index (χ0n) is 17.1. The van der Waals surface area contributed by atoms with Crippen molar-refractivity contribution in [1.29, 1.82) is 0 Å². The number of fused-ring (bicyclic) bond motifs is 6. The second-order valence-electron chi connectivity index (χ2n) is 11.8. The van der Waals surface area contributed by atoms with Gasteiger partial charge in [-0.05, 0) is 90.7 Å². The van der Waals surface area contributed by atoms with E-state index in [-0.39, 0.29) is 0 Å². The van der Waals surface area contributed by atoms with Crippen LogP contribution in [0.15, 0.2) is 0 Å². The van der Waals surface area contributed by atoms with Crippen LogP contribution in [0, 0.1) is 35.5 Å². The highest BCUT2D eigenvalue weighted by Gasteiger charge is 2.75. The van der Waals surface area contributed by atoms with E-state index in [1.807, 2.05) is 0 Å². The quantitative estimate of drug-likeness (QED) is 0.146. The summed E-state index contributed by atoms with van der Waals surface area (Å²) in [6, 6.07) is 0. The number of hydrogen-bond acceptors (Lipinski definition) is 0. The average Bonchev–Trinajstić information content (AvgIpc) is 3.52. The normalized spacial score (nSPS) is 50.6. The Labute approximate surface area is 243 Å². The zero-order chi connectivity index (χ0) is 20.2. The van der Waals surface area contributed by atoms with E-state index < -0.39 is 9.77 Å². The number of hydrogen-bond donors (Lipinski definition) is 0. The molecule has 0 heterocycles. The second kappa shape index (κ2) is 8.42. The summed E-state index contributed by atoms with van der Waals surface area (Å²) >= 11 is 16.6. The molecule has 0 saturated heterocycles. The van der Waals surface area contributed by atoms with Crippen LogP contribution in [-0.2, 0) is 0 Å². The first-order chi connectivity index (χ1) is 13.7. The maximum absolute atomic E-state index is 3.42. The van der Waals surface area contributed by atoms with Crippen molar-refractivity contribution in [2.75, 3.05) is 0 Å². The Balaban J connectivity index is 1.41. The standard InChI is InChI=1S/C21H33I5Si3/c22-27(23,19-10-13-1-4-16(19)7-13)29(26,21-12-15-3-6-18(21)9-15)28(24,25)20-11-14-2-5-17(20)8-14/h13-21H,1-12H2. The molecule has 9 unspecified atom stereocenters. The summed E-state index contributed by atoms with van der Waals surface area (Å²) in [7, 11) is 0. The lowest BCUT2D eigenvalue weighted by atomic mass is 10.0. The summed E-state index contributed by atoms with van der Waals surface area (Å²) in [5.41, 5.74) is 3.61. The van der Waals surface area contributed by atoms with Crippen molar-refractivity contribution in [1.82, 2.24) is 0 Å². The summed E-state index contributed by atoms with van der Waals surface area (Å²) in [6.45, 7) is 0. The van der Waals surface area contributed by atoms with Crippen LogP contribution in [-0.4, -0.2) is 9.77 Å². The molecule has 0 spiro atoms. The molecular formula is C21H33I5Si3. The second-order valence-corrected chi connectivity index (χ2v) is 85.1. The minimum absolute atomic E-state index is 1.14. The highest BCUT2D eigenvalue weighted by atomic mass is 127. The van der Waals surface area contributed by atoms with Gasteiger partial charge in [0.05, 0.1) is 0 Å². The number of rotatable bonds is 5. The largest absolute Gasteiger partial charge is 0.196 e. The van der Waals surface area contributed by atoms with E-state index in [2.05, 4.69) is 109 Å². The average molecular weight is 1000 g/mol. The van der Waals surface area contributed by atoms with Gasteiger partial charge in [-0.15, -0.1) is 109 Å². The lowest BCUT2D eigenvalue weighted by Crippen LogP contribution is -2.71. The molecule has 0 aliphatic heterocycles. The van der Waals surface area contributed by atoms with Crippen LogP contribution >= 0.6 is 109 Å². The van der Waals surface area contributed by atoms with Crippen LogP contribution in [0.25, 0.3) is 0 Å². The van der Waals surface area contributed by atoms with E-state index in [0.29, 0.717) is 0 Å². The molecule has 29 heavy (non-hydrogen) atoms. The predicted molar refractivity (Wildman–Crippen MR) is 175 cm³/mol. The third-order valence-corrected chi connectivity index (χ3v) is 148. The molecule has 6 bridgehead atoms. The molecule has 9 atom stereocenters. The molecular weight excluding hydrogens is 971 g/mol. The van der Waals surface area contributed by atoms with Crippen LogP contribution in [0.3, 0.4) is 0 Å². The van der Waals surface area contributed by atoms with Crippen LogP contribution in [0.2, 0.25) is 16.6 Å². The van der Waals surface area contributed by atoms with Gasteiger partial charge in [0.2, 0.25) is 0 Å².